The second-order valence-electron chi connectivity index (χ2n) is 4.93. The third-order valence-corrected chi connectivity index (χ3v) is 4.09. The van der Waals surface area contributed by atoms with E-state index in [1.807, 2.05) is 12.2 Å². The molecule has 0 unspecified atom stereocenters. The minimum absolute atomic E-state index is 0.0671. The van der Waals surface area contributed by atoms with Crippen molar-refractivity contribution in [3.8, 4) is 0 Å². The van der Waals surface area contributed by atoms with Crippen molar-refractivity contribution in [2.24, 2.45) is 23.2 Å². The zero-order chi connectivity index (χ0) is 11.1. The van der Waals surface area contributed by atoms with Gasteiger partial charge in [-0.2, -0.15) is 0 Å². The van der Waals surface area contributed by atoms with Crippen LogP contribution in [0, 0.1) is 23.2 Å². The Balaban J connectivity index is 2.36. The second-order valence-corrected chi connectivity index (χ2v) is 4.93. The third kappa shape index (κ3) is 1.33. The van der Waals surface area contributed by atoms with Gasteiger partial charge < -0.3 is 0 Å². The van der Waals surface area contributed by atoms with E-state index in [1.165, 1.54) is 0 Å². The SMILES string of the molecule is C=CC[C@@]1(C)C(=O)[C@@H]2C=C[C@@H]1C[C@@H]2C=C. The minimum Gasteiger partial charge on any atom is -0.298 e. The molecule has 1 heteroatoms. The van der Waals surface area contributed by atoms with E-state index in [4.69, 9.17) is 0 Å². The molecule has 0 radical (unpaired) electrons. The van der Waals surface area contributed by atoms with Gasteiger partial charge in [0.15, 0.2) is 0 Å². The van der Waals surface area contributed by atoms with Crippen molar-refractivity contribution in [2.75, 3.05) is 0 Å². The molecular weight excluding hydrogens is 184 g/mol. The highest BCUT2D eigenvalue weighted by Crippen LogP contribution is 2.50. The normalized spacial score (nSPS) is 43.0. The van der Waals surface area contributed by atoms with Crippen molar-refractivity contribution in [2.45, 2.75) is 19.8 Å². The molecule has 1 nitrogen and oxygen atoms in total. The molecule has 0 aliphatic heterocycles. The van der Waals surface area contributed by atoms with Crippen molar-refractivity contribution in [3.63, 3.8) is 0 Å². The number of allylic oxidation sites excluding steroid dienone is 4. The van der Waals surface area contributed by atoms with Gasteiger partial charge >= 0.3 is 0 Å². The molecule has 1 fully saturated rings. The van der Waals surface area contributed by atoms with Gasteiger partial charge in [-0.25, -0.2) is 0 Å². The molecule has 0 N–H and O–H groups in total. The van der Waals surface area contributed by atoms with Gasteiger partial charge in [0.2, 0.25) is 0 Å². The van der Waals surface area contributed by atoms with Crippen LogP contribution < -0.4 is 0 Å². The number of ketones is 1. The Labute approximate surface area is 91.6 Å². The molecule has 0 saturated heterocycles. The number of Topliss-reactive ketones (excluding diaryl/α,β-unsaturated/α-hetero) is 1. The molecule has 15 heavy (non-hydrogen) atoms. The molecule has 0 heterocycles. The Kier molecular flexibility index (Phi) is 2.41. The van der Waals surface area contributed by atoms with Crippen LogP contribution in [0.15, 0.2) is 37.5 Å². The molecule has 0 aromatic rings. The first-order valence-electron chi connectivity index (χ1n) is 5.59. The van der Waals surface area contributed by atoms with Crippen LogP contribution in [0.2, 0.25) is 0 Å². The summed E-state index contributed by atoms with van der Waals surface area (Å²) in [5.41, 5.74) is -0.208. The Morgan fingerprint density at radius 2 is 2.27 bits per heavy atom. The van der Waals surface area contributed by atoms with E-state index in [-0.39, 0.29) is 11.3 Å². The quantitative estimate of drug-likeness (QED) is 0.642. The van der Waals surface area contributed by atoms with Crippen LogP contribution in [0.25, 0.3) is 0 Å². The van der Waals surface area contributed by atoms with Gasteiger partial charge in [0.05, 0.1) is 0 Å². The summed E-state index contributed by atoms with van der Waals surface area (Å²) in [6.45, 7) is 9.67. The van der Waals surface area contributed by atoms with Crippen LogP contribution in [0.4, 0.5) is 0 Å². The molecule has 0 spiro atoms. The van der Waals surface area contributed by atoms with Gasteiger partial charge in [0.25, 0.3) is 0 Å². The summed E-state index contributed by atoms with van der Waals surface area (Å²) in [4.78, 5) is 12.3. The van der Waals surface area contributed by atoms with Crippen molar-refractivity contribution in [1.29, 1.82) is 0 Å². The molecule has 2 bridgehead atoms. The van der Waals surface area contributed by atoms with Gasteiger partial charge in [-0.05, 0) is 24.7 Å². The predicted octanol–water partition coefficient (Wildman–Crippen LogP) is 3.15. The average molecular weight is 202 g/mol. The highest BCUT2D eigenvalue weighted by molar-refractivity contribution is 5.91. The van der Waals surface area contributed by atoms with E-state index in [0.717, 1.165) is 12.8 Å². The maximum Gasteiger partial charge on any atom is 0.147 e. The first-order valence-corrected chi connectivity index (χ1v) is 5.59. The van der Waals surface area contributed by atoms with Gasteiger partial charge in [-0.3, -0.25) is 4.79 Å². The fourth-order valence-electron chi connectivity index (χ4n) is 3.03. The lowest BCUT2D eigenvalue weighted by Gasteiger charge is -2.47. The monoisotopic (exact) mass is 202 g/mol. The van der Waals surface area contributed by atoms with Crippen molar-refractivity contribution in [3.05, 3.63) is 37.5 Å². The molecule has 3 aliphatic rings. The summed E-state index contributed by atoms with van der Waals surface area (Å²) in [6, 6.07) is 0. The Hall–Kier alpha value is -1.11. The zero-order valence-corrected chi connectivity index (χ0v) is 9.28. The van der Waals surface area contributed by atoms with Crippen LogP contribution in [-0.2, 0) is 4.79 Å². The highest BCUT2D eigenvalue weighted by Gasteiger charge is 2.50. The van der Waals surface area contributed by atoms with Crippen LogP contribution in [0.3, 0.4) is 0 Å². The van der Waals surface area contributed by atoms with Gasteiger partial charge in [0, 0.05) is 11.3 Å². The van der Waals surface area contributed by atoms with Crippen LogP contribution in [0.1, 0.15) is 19.8 Å². The van der Waals surface area contributed by atoms with E-state index in [2.05, 4.69) is 32.2 Å². The molecule has 80 valence electrons. The molecule has 0 amide bonds. The molecule has 3 aliphatic carbocycles. The summed E-state index contributed by atoms with van der Waals surface area (Å²) in [6.07, 6.45) is 9.97. The van der Waals surface area contributed by atoms with Crippen molar-refractivity contribution < 1.29 is 4.79 Å². The predicted molar refractivity (Wildman–Crippen MR) is 62.4 cm³/mol. The minimum atomic E-state index is -0.208. The molecule has 1 saturated carbocycles. The van der Waals surface area contributed by atoms with Gasteiger partial charge in [0.1, 0.15) is 5.78 Å². The number of carbonyl (C=O) groups excluding carboxylic acids is 1. The van der Waals surface area contributed by atoms with E-state index in [1.54, 1.807) is 0 Å². The summed E-state index contributed by atoms with van der Waals surface area (Å²) in [5, 5.41) is 0. The molecular formula is C14H18O. The zero-order valence-electron chi connectivity index (χ0n) is 9.28. The topological polar surface area (TPSA) is 17.1 Å². The Bertz CT molecular complexity index is 339. The lowest BCUT2D eigenvalue weighted by Crippen LogP contribution is -2.49. The van der Waals surface area contributed by atoms with Gasteiger partial charge in [-0.15, -0.1) is 13.2 Å². The summed E-state index contributed by atoms with van der Waals surface area (Å²) in [5.74, 6) is 1.17. The van der Waals surface area contributed by atoms with E-state index in [9.17, 15) is 4.79 Å². The van der Waals surface area contributed by atoms with Gasteiger partial charge in [-0.1, -0.05) is 31.2 Å². The molecule has 4 atom stereocenters. The van der Waals surface area contributed by atoms with Crippen LogP contribution in [0.5, 0.6) is 0 Å². The Morgan fingerprint density at radius 1 is 1.53 bits per heavy atom. The summed E-state index contributed by atoms with van der Waals surface area (Å²) >= 11 is 0. The average Bonchev–Trinajstić information content (AvgIpc) is 2.25. The number of fused-ring (bicyclic) bond motifs is 2. The van der Waals surface area contributed by atoms with Crippen LogP contribution >= 0.6 is 0 Å². The van der Waals surface area contributed by atoms with Crippen molar-refractivity contribution in [1.82, 2.24) is 0 Å². The fraction of sp³-hybridized carbons (Fsp3) is 0.500. The van der Waals surface area contributed by atoms with E-state index in [0.29, 0.717) is 17.6 Å². The highest BCUT2D eigenvalue weighted by atomic mass is 16.1. The van der Waals surface area contributed by atoms with E-state index >= 15 is 0 Å². The molecule has 0 aromatic heterocycles. The lowest BCUT2D eigenvalue weighted by atomic mass is 9.54. The molecule has 0 aromatic carbocycles. The summed E-state index contributed by atoms with van der Waals surface area (Å²) < 4.78 is 0. The standard InChI is InChI=1S/C14H18O/c1-4-8-14(3)11-6-7-12(13(14)15)10(5-2)9-11/h4-7,10-12H,1-2,8-9H2,3H3/t10-,11+,12+,14+/m0/s1. The van der Waals surface area contributed by atoms with Crippen molar-refractivity contribution >= 4 is 5.78 Å². The number of hydrogen-bond acceptors (Lipinski definition) is 1. The largest absolute Gasteiger partial charge is 0.298 e. The maximum absolute atomic E-state index is 12.3. The third-order valence-electron chi connectivity index (χ3n) is 4.09. The summed E-state index contributed by atoms with van der Waals surface area (Å²) in [7, 11) is 0. The number of hydrogen-bond donors (Lipinski definition) is 0. The smallest absolute Gasteiger partial charge is 0.147 e. The van der Waals surface area contributed by atoms with E-state index < -0.39 is 0 Å². The van der Waals surface area contributed by atoms with Crippen LogP contribution in [-0.4, -0.2) is 5.78 Å². The lowest BCUT2D eigenvalue weighted by molar-refractivity contribution is -0.138. The number of carbonyl (C=O) groups is 1. The Morgan fingerprint density at radius 3 is 2.80 bits per heavy atom. The molecule has 3 rings (SSSR count). The second kappa shape index (κ2) is 3.48. The fourth-order valence-corrected chi connectivity index (χ4v) is 3.03. The first-order chi connectivity index (χ1) is 7.13. The maximum atomic E-state index is 12.3. The first kappa shape index (κ1) is 10.4. The number of rotatable bonds is 3.